The number of hydrogen-bond acceptors (Lipinski definition) is 4. The van der Waals surface area contributed by atoms with E-state index in [1.165, 1.54) is 0 Å². The van der Waals surface area contributed by atoms with Crippen molar-refractivity contribution in [2.45, 2.75) is 56.5 Å². The highest BCUT2D eigenvalue weighted by atomic mass is 32.2. The van der Waals surface area contributed by atoms with E-state index in [2.05, 4.69) is 0 Å². The molecule has 2 rings (SSSR count). The average molecular weight is 286 g/mol. The zero-order valence-electron chi connectivity index (χ0n) is 11.2. The molecule has 3 unspecified atom stereocenters. The molecule has 108 valence electrons. The molecule has 0 bridgehead atoms. The Bertz CT molecular complexity index is 360. The summed E-state index contributed by atoms with van der Waals surface area (Å²) < 4.78 is 0. The van der Waals surface area contributed by atoms with Gasteiger partial charge in [0.2, 0.25) is 5.91 Å². The summed E-state index contributed by atoms with van der Waals surface area (Å²) in [5, 5.41) is 9.24. The van der Waals surface area contributed by atoms with E-state index in [9.17, 15) is 14.7 Å². The summed E-state index contributed by atoms with van der Waals surface area (Å²) in [4.78, 5) is 25.2. The molecular weight excluding hydrogens is 264 g/mol. The second kappa shape index (κ2) is 6.13. The first-order valence-electron chi connectivity index (χ1n) is 6.95. The summed E-state index contributed by atoms with van der Waals surface area (Å²) >= 11 is 1.57. The minimum atomic E-state index is -0.903. The fraction of sp³-hybridized carbons (Fsp3) is 0.846. The lowest BCUT2D eigenvalue weighted by Crippen LogP contribution is -2.47. The zero-order valence-corrected chi connectivity index (χ0v) is 12.1. The number of carboxylic acid groups (broad SMARTS) is 1. The highest BCUT2D eigenvalue weighted by molar-refractivity contribution is 8.00. The normalized spacial score (nSPS) is 28.4. The number of amides is 1. The van der Waals surface area contributed by atoms with Crippen LogP contribution in [-0.2, 0) is 9.59 Å². The lowest BCUT2D eigenvalue weighted by molar-refractivity contribution is -0.149. The Morgan fingerprint density at radius 1 is 1.47 bits per heavy atom. The van der Waals surface area contributed by atoms with Crippen LogP contribution in [0.5, 0.6) is 0 Å². The fourth-order valence-corrected chi connectivity index (χ4v) is 4.09. The molecule has 0 aromatic rings. The van der Waals surface area contributed by atoms with Crippen LogP contribution in [0.4, 0.5) is 0 Å². The third-order valence-electron chi connectivity index (χ3n) is 3.84. The van der Waals surface area contributed by atoms with Gasteiger partial charge in [-0.3, -0.25) is 4.79 Å². The van der Waals surface area contributed by atoms with Gasteiger partial charge in [-0.15, -0.1) is 11.8 Å². The number of carbonyl (C=O) groups excluding carboxylic acids is 1. The van der Waals surface area contributed by atoms with Crippen LogP contribution in [0.15, 0.2) is 0 Å². The lowest BCUT2D eigenvalue weighted by atomic mass is 10.1. The van der Waals surface area contributed by atoms with Crippen LogP contribution in [0.2, 0.25) is 0 Å². The van der Waals surface area contributed by atoms with Gasteiger partial charge in [-0.25, -0.2) is 4.79 Å². The molecule has 0 spiro atoms. The van der Waals surface area contributed by atoms with Crippen molar-refractivity contribution in [1.29, 1.82) is 0 Å². The molecule has 19 heavy (non-hydrogen) atoms. The van der Waals surface area contributed by atoms with Crippen LogP contribution in [0.1, 0.15) is 39.0 Å². The first kappa shape index (κ1) is 14.7. The van der Waals surface area contributed by atoms with E-state index in [1.54, 1.807) is 16.7 Å². The summed E-state index contributed by atoms with van der Waals surface area (Å²) in [5.41, 5.74) is 5.99. The number of carbonyl (C=O) groups is 2. The molecule has 6 heteroatoms. The third kappa shape index (κ3) is 3.42. The van der Waals surface area contributed by atoms with E-state index < -0.39 is 12.0 Å². The van der Waals surface area contributed by atoms with Gasteiger partial charge in [-0.2, -0.15) is 0 Å². The van der Waals surface area contributed by atoms with Gasteiger partial charge in [-0.1, -0.05) is 13.3 Å². The van der Waals surface area contributed by atoms with E-state index >= 15 is 0 Å². The first-order valence-corrected chi connectivity index (χ1v) is 8.00. The van der Waals surface area contributed by atoms with E-state index in [-0.39, 0.29) is 23.7 Å². The van der Waals surface area contributed by atoms with Gasteiger partial charge in [-0.05, 0) is 25.2 Å². The van der Waals surface area contributed by atoms with Crippen molar-refractivity contribution in [2.24, 2.45) is 11.7 Å². The van der Waals surface area contributed by atoms with Gasteiger partial charge >= 0.3 is 5.97 Å². The summed E-state index contributed by atoms with van der Waals surface area (Å²) in [6.07, 6.45) is 4.28. The predicted molar refractivity (Wildman–Crippen MR) is 74.7 cm³/mol. The average Bonchev–Trinajstić information content (AvgIpc) is 3.10. The molecule has 0 aromatic carbocycles. The largest absolute Gasteiger partial charge is 0.480 e. The van der Waals surface area contributed by atoms with Crippen LogP contribution >= 0.6 is 11.8 Å². The van der Waals surface area contributed by atoms with E-state index in [0.29, 0.717) is 11.7 Å². The van der Waals surface area contributed by atoms with Crippen LogP contribution in [-0.4, -0.2) is 45.1 Å². The molecule has 2 fully saturated rings. The van der Waals surface area contributed by atoms with Crippen molar-refractivity contribution in [3.05, 3.63) is 0 Å². The van der Waals surface area contributed by atoms with E-state index in [0.717, 1.165) is 25.7 Å². The second-order valence-corrected chi connectivity index (χ2v) is 6.65. The van der Waals surface area contributed by atoms with Crippen molar-refractivity contribution in [3.8, 4) is 0 Å². The van der Waals surface area contributed by atoms with Gasteiger partial charge in [0, 0.05) is 18.2 Å². The molecule has 0 aromatic heterocycles. The minimum Gasteiger partial charge on any atom is -0.480 e. The van der Waals surface area contributed by atoms with Gasteiger partial charge < -0.3 is 15.7 Å². The molecule has 1 aliphatic carbocycles. The Balaban J connectivity index is 2.01. The molecule has 1 saturated heterocycles. The summed E-state index contributed by atoms with van der Waals surface area (Å²) in [5.74, 6) is -0.0356. The first-order chi connectivity index (χ1) is 9.04. The highest BCUT2D eigenvalue weighted by Crippen LogP contribution is 2.36. The van der Waals surface area contributed by atoms with Crippen LogP contribution in [0.3, 0.4) is 0 Å². The predicted octanol–water partition coefficient (Wildman–Crippen LogP) is 1.27. The Morgan fingerprint density at radius 2 is 2.16 bits per heavy atom. The molecule has 2 aliphatic rings. The van der Waals surface area contributed by atoms with Crippen molar-refractivity contribution < 1.29 is 14.7 Å². The summed E-state index contributed by atoms with van der Waals surface area (Å²) in [6, 6.07) is -0.782. The Morgan fingerprint density at radius 3 is 2.68 bits per heavy atom. The maximum atomic E-state index is 12.4. The molecule has 1 aliphatic heterocycles. The molecule has 3 atom stereocenters. The van der Waals surface area contributed by atoms with Crippen molar-refractivity contribution >= 4 is 23.6 Å². The van der Waals surface area contributed by atoms with E-state index in [1.807, 2.05) is 6.92 Å². The Labute approximate surface area is 117 Å². The monoisotopic (exact) mass is 286 g/mol. The Hall–Kier alpha value is -0.750. The lowest BCUT2D eigenvalue weighted by Gasteiger charge is -2.28. The standard InChI is InChI=1S/C13H22N2O3S/c1-2-3-12-15(10(7-19-12)13(17)18)11(16)6-9(14)8-4-5-8/h8-10,12H,2-7,14H2,1H3,(H,17,18). The summed E-state index contributed by atoms with van der Waals surface area (Å²) in [6.45, 7) is 2.05. The molecule has 1 amide bonds. The maximum absolute atomic E-state index is 12.4. The topological polar surface area (TPSA) is 83.6 Å². The van der Waals surface area contributed by atoms with Gasteiger partial charge in [0.25, 0.3) is 0 Å². The molecule has 0 radical (unpaired) electrons. The van der Waals surface area contributed by atoms with Gasteiger partial charge in [0.05, 0.1) is 5.37 Å². The third-order valence-corrected chi connectivity index (χ3v) is 5.19. The minimum absolute atomic E-state index is 0.00463. The van der Waals surface area contributed by atoms with Gasteiger partial charge in [0.1, 0.15) is 6.04 Å². The fourth-order valence-electron chi connectivity index (χ4n) is 2.56. The number of nitrogens with zero attached hydrogens (tertiary/aromatic N) is 1. The molecule has 1 saturated carbocycles. The number of aliphatic carboxylic acids is 1. The molecule has 5 nitrogen and oxygen atoms in total. The van der Waals surface area contributed by atoms with Crippen LogP contribution in [0.25, 0.3) is 0 Å². The highest BCUT2D eigenvalue weighted by Gasteiger charge is 2.42. The second-order valence-electron chi connectivity index (χ2n) is 5.44. The number of thioether (sulfide) groups is 1. The Kier molecular flexibility index (Phi) is 4.73. The number of hydrogen-bond donors (Lipinski definition) is 2. The molecule has 3 N–H and O–H groups in total. The number of nitrogens with two attached hydrogens (primary N) is 1. The molecular formula is C13H22N2O3S. The van der Waals surface area contributed by atoms with Crippen LogP contribution in [0, 0.1) is 5.92 Å². The van der Waals surface area contributed by atoms with Crippen molar-refractivity contribution in [3.63, 3.8) is 0 Å². The van der Waals surface area contributed by atoms with Crippen molar-refractivity contribution in [1.82, 2.24) is 4.90 Å². The zero-order chi connectivity index (χ0) is 14.0. The number of rotatable bonds is 6. The number of carboxylic acids is 1. The smallest absolute Gasteiger partial charge is 0.327 e. The quantitative estimate of drug-likeness (QED) is 0.768. The van der Waals surface area contributed by atoms with E-state index in [4.69, 9.17) is 5.73 Å². The van der Waals surface area contributed by atoms with Crippen molar-refractivity contribution in [2.75, 3.05) is 5.75 Å². The maximum Gasteiger partial charge on any atom is 0.327 e. The summed E-state index contributed by atoms with van der Waals surface area (Å²) in [7, 11) is 0. The van der Waals surface area contributed by atoms with Gasteiger partial charge in [0.15, 0.2) is 0 Å². The molecule has 1 heterocycles. The SMILES string of the molecule is CCCC1SCC(C(=O)O)N1C(=O)CC(N)C1CC1. The van der Waals surface area contributed by atoms with Crippen LogP contribution < -0.4 is 5.73 Å².